The van der Waals surface area contributed by atoms with Crippen LogP contribution in [0.1, 0.15) is 41.6 Å². The Bertz CT molecular complexity index is 841. The summed E-state index contributed by atoms with van der Waals surface area (Å²) >= 11 is 0. The molecule has 0 radical (unpaired) electrons. The maximum Gasteiger partial charge on any atom is 0.266 e. The molecule has 1 aliphatic heterocycles. The largest absolute Gasteiger partial charge is 0.338 e. The van der Waals surface area contributed by atoms with Crippen molar-refractivity contribution < 1.29 is 8.91 Å². The van der Waals surface area contributed by atoms with Gasteiger partial charge >= 0.3 is 0 Å². The first-order valence-corrected chi connectivity index (χ1v) is 8.51. The summed E-state index contributed by atoms with van der Waals surface area (Å²) in [6.07, 6.45) is 2.68. The SMILES string of the molecule is Cc1cc(C2CCCN(c3noc(Cc4ccc(F)cc4)n3)C2)n[nH]1. The first-order valence-electron chi connectivity index (χ1n) is 8.51. The lowest BCUT2D eigenvalue weighted by Gasteiger charge is -2.30. The lowest BCUT2D eigenvalue weighted by molar-refractivity contribution is 0.381. The van der Waals surface area contributed by atoms with Gasteiger partial charge in [-0.05, 0) is 48.7 Å². The van der Waals surface area contributed by atoms with E-state index in [2.05, 4.69) is 31.3 Å². The van der Waals surface area contributed by atoms with Gasteiger partial charge in [0.15, 0.2) is 0 Å². The highest BCUT2D eigenvalue weighted by molar-refractivity contribution is 5.32. The fourth-order valence-electron chi connectivity index (χ4n) is 3.27. The Balaban J connectivity index is 1.45. The zero-order valence-electron chi connectivity index (χ0n) is 14.1. The number of aryl methyl sites for hydroxylation is 1. The molecule has 1 N–H and O–H groups in total. The molecule has 1 atom stereocenters. The van der Waals surface area contributed by atoms with Crippen LogP contribution in [0.5, 0.6) is 0 Å². The molecule has 7 heteroatoms. The van der Waals surface area contributed by atoms with Crippen molar-refractivity contribution in [2.45, 2.75) is 32.1 Å². The Kier molecular flexibility index (Phi) is 4.21. The number of benzene rings is 1. The monoisotopic (exact) mass is 341 g/mol. The molecule has 6 nitrogen and oxygen atoms in total. The van der Waals surface area contributed by atoms with Crippen molar-refractivity contribution in [2.75, 3.05) is 18.0 Å². The summed E-state index contributed by atoms with van der Waals surface area (Å²) in [5, 5.41) is 11.5. The number of piperidine rings is 1. The van der Waals surface area contributed by atoms with E-state index in [0.717, 1.165) is 42.9 Å². The third-order valence-corrected chi connectivity index (χ3v) is 4.57. The van der Waals surface area contributed by atoms with Crippen LogP contribution in [0.15, 0.2) is 34.9 Å². The van der Waals surface area contributed by atoms with Crippen molar-refractivity contribution in [1.82, 2.24) is 20.3 Å². The molecule has 1 saturated heterocycles. The van der Waals surface area contributed by atoms with Crippen LogP contribution in [-0.2, 0) is 6.42 Å². The number of aromatic nitrogens is 4. The third kappa shape index (κ3) is 3.55. The van der Waals surface area contributed by atoms with Crippen molar-refractivity contribution >= 4 is 5.95 Å². The van der Waals surface area contributed by atoms with E-state index in [1.165, 1.54) is 12.1 Å². The van der Waals surface area contributed by atoms with Crippen LogP contribution in [0.25, 0.3) is 0 Å². The maximum atomic E-state index is 13.0. The van der Waals surface area contributed by atoms with E-state index in [1.54, 1.807) is 12.1 Å². The molecule has 0 saturated carbocycles. The quantitative estimate of drug-likeness (QED) is 0.789. The average molecular weight is 341 g/mol. The normalized spacial score (nSPS) is 17.8. The highest BCUT2D eigenvalue weighted by atomic mass is 19.1. The van der Waals surface area contributed by atoms with E-state index in [4.69, 9.17) is 4.52 Å². The van der Waals surface area contributed by atoms with E-state index < -0.39 is 0 Å². The van der Waals surface area contributed by atoms with E-state index in [9.17, 15) is 4.39 Å². The highest BCUT2D eigenvalue weighted by Crippen LogP contribution is 2.28. The van der Waals surface area contributed by atoms with Crippen molar-refractivity contribution in [3.05, 3.63) is 59.0 Å². The average Bonchev–Trinajstić information content (AvgIpc) is 3.26. The molecule has 25 heavy (non-hydrogen) atoms. The zero-order chi connectivity index (χ0) is 17.2. The van der Waals surface area contributed by atoms with E-state index in [-0.39, 0.29) is 5.82 Å². The fraction of sp³-hybridized carbons (Fsp3) is 0.389. The second-order valence-electron chi connectivity index (χ2n) is 6.55. The van der Waals surface area contributed by atoms with Crippen LogP contribution in [-0.4, -0.2) is 33.4 Å². The molecule has 1 unspecified atom stereocenters. The van der Waals surface area contributed by atoms with Gasteiger partial charge in [-0.15, -0.1) is 0 Å². The van der Waals surface area contributed by atoms with E-state index >= 15 is 0 Å². The standard InChI is InChI=1S/C18H20FN5O/c1-12-9-16(22-21-12)14-3-2-8-24(11-14)18-20-17(25-23-18)10-13-4-6-15(19)7-5-13/h4-7,9,14H,2-3,8,10-11H2,1H3,(H,21,22). The van der Waals surface area contributed by atoms with Crippen LogP contribution in [0.2, 0.25) is 0 Å². The molecule has 4 rings (SSSR count). The third-order valence-electron chi connectivity index (χ3n) is 4.57. The molecule has 130 valence electrons. The van der Waals surface area contributed by atoms with Crippen LogP contribution in [0, 0.1) is 12.7 Å². The van der Waals surface area contributed by atoms with Gasteiger partial charge in [-0.2, -0.15) is 10.1 Å². The summed E-state index contributed by atoms with van der Waals surface area (Å²) in [4.78, 5) is 6.66. The number of hydrogen-bond acceptors (Lipinski definition) is 5. The Hall–Kier alpha value is -2.70. The van der Waals surface area contributed by atoms with E-state index in [1.807, 2.05) is 6.92 Å². The number of nitrogens with zero attached hydrogens (tertiary/aromatic N) is 4. The fourth-order valence-corrected chi connectivity index (χ4v) is 3.27. The summed E-state index contributed by atoms with van der Waals surface area (Å²) in [7, 11) is 0. The number of rotatable bonds is 4. The van der Waals surface area contributed by atoms with Gasteiger partial charge in [0.2, 0.25) is 5.89 Å². The Morgan fingerprint density at radius 1 is 1.32 bits per heavy atom. The second kappa shape index (κ2) is 6.66. The second-order valence-corrected chi connectivity index (χ2v) is 6.55. The predicted molar refractivity (Wildman–Crippen MR) is 91.0 cm³/mol. The lowest BCUT2D eigenvalue weighted by Crippen LogP contribution is -2.35. The molecule has 0 amide bonds. The van der Waals surface area contributed by atoms with Gasteiger partial charge in [-0.3, -0.25) is 5.10 Å². The van der Waals surface area contributed by atoms with E-state index in [0.29, 0.717) is 24.2 Å². The smallest absolute Gasteiger partial charge is 0.266 e. The molecular formula is C18H20FN5O. The minimum atomic E-state index is -0.247. The first-order chi connectivity index (χ1) is 12.2. The molecule has 1 aromatic carbocycles. The van der Waals surface area contributed by atoms with Crippen molar-refractivity contribution in [3.8, 4) is 0 Å². The van der Waals surface area contributed by atoms with Crippen molar-refractivity contribution in [1.29, 1.82) is 0 Å². The first kappa shape index (κ1) is 15.8. The minimum absolute atomic E-state index is 0.247. The Morgan fingerprint density at radius 3 is 2.92 bits per heavy atom. The van der Waals surface area contributed by atoms with Gasteiger partial charge in [0, 0.05) is 24.7 Å². The number of anilines is 1. The summed E-state index contributed by atoms with van der Waals surface area (Å²) in [5.74, 6) is 1.29. The Morgan fingerprint density at radius 2 is 2.16 bits per heavy atom. The number of nitrogens with one attached hydrogen (secondary N) is 1. The summed E-state index contributed by atoms with van der Waals surface area (Å²) in [5.41, 5.74) is 3.12. The molecule has 1 aliphatic rings. The van der Waals surface area contributed by atoms with Crippen LogP contribution in [0.3, 0.4) is 0 Å². The van der Waals surface area contributed by atoms with Gasteiger partial charge in [-0.25, -0.2) is 4.39 Å². The molecule has 0 aliphatic carbocycles. The minimum Gasteiger partial charge on any atom is -0.338 e. The maximum absolute atomic E-state index is 13.0. The van der Waals surface area contributed by atoms with Gasteiger partial charge in [0.05, 0.1) is 12.1 Å². The number of H-pyrrole nitrogens is 1. The molecule has 1 fully saturated rings. The van der Waals surface area contributed by atoms with Crippen LogP contribution >= 0.6 is 0 Å². The van der Waals surface area contributed by atoms with Crippen LogP contribution in [0.4, 0.5) is 10.3 Å². The van der Waals surface area contributed by atoms with Crippen molar-refractivity contribution in [3.63, 3.8) is 0 Å². The summed E-state index contributed by atoms with van der Waals surface area (Å²) in [6.45, 7) is 3.76. The zero-order valence-corrected chi connectivity index (χ0v) is 14.1. The predicted octanol–water partition coefficient (Wildman–Crippen LogP) is 3.22. The molecule has 2 aromatic heterocycles. The van der Waals surface area contributed by atoms with Gasteiger partial charge < -0.3 is 9.42 Å². The van der Waals surface area contributed by atoms with Crippen molar-refractivity contribution in [2.24, 2.45) is 0 Å². The molecule has 3 aromatic rings. The van der Waals surface area contributed by atoms with Crippen LogP contribution < -0.4 is 4.90 Å². The summed E-state index contributed by atoms with van der Waals surface area (Å²) in [6, 6.07) is 8.44. The topological polar surface area (TPSA) is 70.8 Å². The number of aromatic amines is 1. The highest BCUT2D eigenvalue weighted by Gasteiger charge is 2.26. The van der Waals surface area contributed by atoms with Gasteiger partial charge in [0.1, 0.15) is 5.82 Å². The molecule has 0 spiro atoms. The molecule has 0 bridgehead atoms. The number of hydrogen-bond donors (Lipinski definition) is 1. The Labute approximate surface area is 145 Å². The van der Waals surface area contributed by atoms with Gasteiger partial charge in [-0.1, -0.05) is 12.1 Å². The lowest BCUT2D eigenvalue weighted by atomic mass is 9.95. The number of halogens is 1. The molecule has 3 heterocycles. The van der Waals surface area contributed by atoms with Gasteiger partial charge in [0.25, 0.3) is 5.95 Å². The molecular weight excluding hydrogens is 321 g/mol. The summed E-state index contributed by atoms with van der Waals surface area (Å²) < 4.78 is 18.4.